The van der Waals surface area contributed by atoms with Gasteiger partial charge in [0.2, 0.25) is 0 Å². The monoisotopic (exact) mass is 907 g/mol. The Bertz CT molecular complexity index is 4030. The van der Waals surface area contributed by atoms with Crippen molar-refractivity contribution < 1.29 is 0 Å². The molecule has 13 aromatic rings. The fraction of sp³-hybridized carbons (Fsp3) is 0.0156. The minimum Gasteiger partial charge on any atom is -0.256 e. The quantitative estimate of drug-likeness (QED) is 0.140. The number of aromatic nitrogens is 7. The smallest absolute Gasteiger partial charge is 0.164 e. The van der Waals surface area contributed by atoms with E-state index in [0.717, 1.165) is 100.0 Å². The van der Waals surface area contributed by atoms with Crippen molar-refractivity contribution in [1.82, 2.24) is 34.9 Å². The van der Waals surface area contributed by atoms with Gasteiger partial charge in [-0.2, -0.15) is 0 Å². The van der Waals surface area contributed by atoms with E-state index in [1.54, 1.807) is 0 Å². The van der Waals surface area contributed by atoms with Crippen LogP contribution in [0.3, 0.4) is 0 Å². The van der Waals surface area contributed by atoms with Gasteiger partial charge in [0, 0.05) is 68.9 Å². The lowest BCUT2D eigenvalue weighted by Gasteiger charge is -2.15. The van der Waals surface area contributed by atoms with Crippen LogP contribution >= 0.6 is 0 Å². The molecule has 7 heteroatoms. The zero-order valence-corrected chi connectivity index (χ0v) is 38.6. The van der Waals surface area contributed by atoms with E-state index in [2.05, 4.69) is 204 Å². The third-order valence-corrected chi connectivity index (χ3v) is 13.4. The van der Waals surface area contributed by atoms with Gasteiger partial charge in [-0.1, -0.05) is 158 Å². The van der Waals surface area contributed by atoms with E-state index in [1.165, 1.54) is 21.5 Å². The summed E-state index contributed by atoms with van der Waals surface area (Å²) in [6.45, 7) is 1.90. The molecular formula is C64H41N7. The van der Waals surface area contributed by atoms with Gasteiger partial charge in [0.05, 0.1) is 11.4 Å². The number of aryl methyl sites for hydroxylation is 1. The predicted octanol–water partition coefficient (Wildman–Crippen LogP) is 15.7. The van der Waals surface area contributed by atoms with Crippen LogP contribution in [-0.4, -0.2) is 34.9 Å². The lowest BCUT2D eigenvalue weighted by Crippen LogP contribution is -2.01. The summed E-state index contributed by atoms with van der Waals surface area (Å²) in [5, 5.41) is 9.16. The molecule has 0 N–H and O–H groups in total. The molecule has 0 radical (unpaired) electrons. The van der Waals surface area contributed by atoms with Gasteiger partial charge in [0.1, 0.15) is 5.82 Å². The van der Waals surface area contributed by atoms with E-state index >= 15 is 0 Å². The molecule has 9 aromatic carbocycles. The van der Waals surface area contributed by atoms with Crippen LogP contribution in [0, 0.1) is 6.92 Å². The van der Waals surface area contributed by atoms with Gasteiger partial charge in [-0.3, -0.25) is 9.97 Å². The summed E-state index contributed by atoms with van der Waals surface area (Å²) >= 11 is 0. The average Bonchev–Trinajstić information content (AvgIpc) is 3.44. The lowest BCUT2D eigenvalue weighted by molar-refractivity contribution is 1.06. The summed E-state index contributed by atoms with van der Waals surface area (Å²) in [7, 11) is 0. The third kappa shape index (κ3) is 7.81. The molecule has 0 aliphatic heterocycles. The predicted molar refractivity (Wildman–Crippen MR) is 289 cm³/mol. The van der Waals surface area contributed by atoms with E-state index in [1.807, 2.05) is 43.8 Å². The molecular weight excluding hydrogens is 867 g/mol. The van der Waals surface area contributed by atoms with Crippen LogP contribution in [0.25, 0.3) is 133 Å². The number of benzene rings is 9. The average molecular weight is 908 g/mol. The Hall–Kier alpha value is -9.59. The Labute approximate surface area is 410 Å². The topological polar surface area (TPSA) is 90.2 Å². The van der Waals surface area contributed by atoms with Gasteiger partial charge in [0.25, 0.3) is 0 Å². The van der Waals surface area contributed by atoms with Gasteiger partial charge >= 0.3 is 0 Å². The first-order valence-electron chi connectivity index (χ1n) is 23.7. The molecule has 0 bridgehead atoms. The maximum atomic E-state index is 5.39. The molecule has 4 heterocycles. The molecule has 0 saturated carbocycles. The van der Waals surface area contributed by atoms with Crippen LogP contribution in [0.2, 0.25) is 0 Å². The van der Waals surface area contributed by atoms with E-state index in [-0.39, 0.29) is 0 Å². The van der Waals surface area contributed by atoms with Crippen molar-refractivity contribution in [2.24, 2.45) is 0 Å². The van der Waals surface area contributed by atoms with E-state index < -0.39 is 0 Å². The molecule has 0 spiro atoms. The second-order valence-electron chi connectivity index (χ2n) is 17.8. The summed E-state index contributed by atoms with van der Waals surface area (Å²) in [4.78, 5) is 34.8. The van der Waals surface area contributed by atoms with Crippen LogP contribution < -0.4 is 0 Å². The van der Waals surface area contributed by atoms with Crippen molar-refractivity contribution in [3.05, 3.63) is 237 Å². The van der Waals surface area contributed by atoms with Gasteiger partial charge in [-0.15, -0.1) is 0 Å². The molecule has 0 aliphatic carbocycles. The molecule has 0 atom stereocenters. The van der Waals surface area contributed by atoms with E-state index in [9.17, 15) is 0 Å². The molecule has 0 saturated heterocycles. The van der Waals surface area contributed by atoms with Crippen LogP contribution in [0.4, 0.5) is 0 Å². The molecule has 71 heavy (non-hydrogen) atoms. The number of hydrogen-bond donors (Lipinski definition) is 0. The van der Waals surface area contributed by atoms with Crippen molar-refractivity contribution in [2.75, 3.05) is 0 Å². The Kier molecular flexibility index (Phi) is 10.2. The first-order valence-corrected chi connectivity index (χ1v) is 23.7. The Morgan fingerprint density at radius 1 is 0.268 bits per heavy atom. The maximum absolute atomic E-state index is 5.39. The summed E-state index contributed by atoms with van der Waals surface area (Å²) in [6, 6.07) is 72.4. The summed E-state index contributed by atoms with van der Waals surface area (Å²) < 4.78 is 0. The second kappa shape index (κ2) is 17.5. The highest BCUT2D eigenvalue weighted by molar-refractivity contribution is 6.14. The van der Waals surface area contributed by atoms with Gasteiger partial charge < -0.3 is 0 Å². The molecule has 7 nitrogen and oxygen atoms in total. The number of fused-ring (bicyclic) bond motifs is 5. The van der Waals surface area contributed by atoms with Crippen molar-refractivity contribution >= 4 is 43.1 Å². The van der Waals surface area contributed by atoms with Crippen molar-refractivity contribution in [2.45, 2.75) is 6.92 Å². The first-order chi connectivity index (χ1) is 35.1. The fourth-order valence-corrected chi connectivity index (χ4v) is 9.84. The minimum absolute atomic E-state index is 0.550. The number of pyridine rings is 2. The molecule has 4 aromatic heterocycles. The maximum Gasteiger partial charge on any atom is 0.164 e. The van der Waals surface area contributed by atoms with E-state index in [4.69, 9.17) is 24.9 Å². The highest BCUT2D eigenvalue weighted by Gasteiger charge is 2.19. The van der Waals surface area contributed by atoms with Crippen LogP contribution in [0.1, 0.15) is 5.82 Å². The Morgan fingerprint density at radius 3 is 1.30 bits per heavy atom. The first kappa shape index (κ1) is 41.6. The van der Waals surface area contributed by atoms with Gasteiger partial charge in [-0.05, 0) is 116 Å². The van der Waals surface area contributed by atoms with Crippen molar-refractivity contribution in [3.8, 4) is 90.1 Å². The Morgan fingerprint density at radius 2 is 0.704 bits per heavy atom. The zero-order valence-electron chi connectivity index (χ0n) is 38.6. The second-order valence-corrected chi connectivity index (χ2v) is 17.8. The number of hydrogen-bond acceptors (Lipinski definition) is 7. The standard InChI is InChI=1S/C64H41N7/c1-40-67-38-53(39-68-40)42-26-24-41(25-27-42)50-34-51(59-37-45-14-4-5-19-54(45)57-22-8-9-23-58(57)59)36-52(35-50)64-70-62(48-17-10-15-46(32-48)60-55-20-6-2-12-43(55)28-30-65-60)69-63(71-64)49-18-11-16-47(33-49)61-56-21-7-3-13-44(56)29-31-66-61/h2-39H,1H3. The van der Waals surface area contributed by atoms with Crippen molar-refractivity contribution in [1.29, 1.82) is 0 Å². The molecule has 0 amide bonds. The minimum atomic E-state index is 0.550. The highest BCUT2D eigenvalue weighted by atomic mass is 15.0. The SMILES string of the molecule is Cc1ncc(-c2ccc(-c3cc(-c4nc(-c5cccc(-c6nccc7ccccc67)c5)nc(-c5cccc(-c6nccc7ccccc67)c5)n4)cc(-c4cc5ccccc5c5ccccc45)c3)cc2)cn1. The molecule has 0 fully saturated rings. The number of nitrogens with zero attached hydrogens (tertiary/aromatic N) is 7. The van der Waals surface area contributed by atoms with Crippen LogP contribution in [-0.2, 0) is 0 Å². The summed E-state index contributed by atoms with van der Waals surface area (Å²) in [6.07, 6.45) is 7.49. The van der Waals surface area contributed by atoms with Gasteiger partial charge in [-0.25, -0.2) is 24.9 Å². The molecule has 0 unspecified atom stereocenters. The third-order valence-electron chi connectivity index (χ3n) is 13.4. The number of rotatable bonds is 8. The van der Waals surface area contributed by atoms with Gasteiger partial charge in [0.15, 0.2) is 17.5 Å². The Balaban J connectivity index is 1.03. The summed E-state index contributed by atoms with van der Waals surface area (Å²) in [5.74, 6) is 2.39. The highest BCUT2D eigenvalue weighted by Crippen LogP contribution is 2.40. The lowest BCUT2D eigenvalue weighted by atomic mass is 9.90. The summed E-state index contributed by atoms with van der Waals surface area (Å²) in [5.41, 5.74) is 12.5. The fourth-order valence-electron chi connectivity index (χ4n) is 9.84. The zero-order chi connectivity index (χ0) is 47.3. The normalized spacial score (nSPS) is 11.5. The van der Waals surface area contributed by atoms with Crippen LogP contribution in [0.15, 0.2) is 231 Å². The van der Waals surface area contributed by atoms with Crippen LogP contribution in [0.5, 0.6) is 0 Å². The molecule has 13 rings (SSSR count). The largest absolute Gasteiger partial charge is 0.256 e. The van der Waals surface area contributed by atoms with Crippen molar-refractivity contribution in [3.63, 3.8) is 0 Å². The molecule has 0 aliphatic rings. The van der Waals surface area contributed by atoms with E-state index in [0.29, 0.717) is 17.5 Å². The molecule has 332 valence electrons.